The number of likely N-dealkylation sites (tertiary alicyclic amines) is 1. The molecule has 150 valence electrons. The molecule has 1 aromatic heterocycles. The molecule has 2 heterocycles. The van der Waals surface area contributed by atoms with Gasteiger partial charge in [0.25, 0.3) is 0 Å². The number of carbonyl (C=O) groups is 1. The number of aromatic hydroxyl groups is 1. The number of phenolic OH excluding ortho intramolecular Hbond substituents is 1. The van der Waals surface area contributed by atoms with Gasteiger partial charge in [0.1, 0.15) is 17.3 Å². The van der Waals surface area contributed by atoms with Crippen LogP contribution >= 0.6 is 0 Å². The van der Waals surface area contributed by atoms with E-state index in [0.717, 1.165) is 36.2 Å². The van der Waals surface area contributed by atoms with E-state index in [1.54, 1.807) is 0 Å². The first-order valence-corrected chi connectivity index (χ1v) is 9.46. The Hall–Kier alpha value is -3.26. The standard InChI is InChI=1S/C21H21FN4O3/c22-13-7-8-17(18(27)10-13)20-15-5-1-2-6-16(15)21(25-24-20)23-14-4-3-9-26(11-14)12-19(28)29/h1-2,5-8,10,14,27H,3-4,9,11-12H2,(H,23,25)(H,28,29)/t14-/m1/s1. The van der Waals surface area contributed by atoms with Gasteiger partial charge in [-0.1, -0.05) is 24.3 Å². The molecule has 3 aromatic rings. The maximum absolute atomic E-state index is 13.4. The summed E-state index contributed by atoms with van der Waals surface area (Å²) in [6.07, 6.45) is 1.81. The van der Waals surface area contributed by atoms with Gasteiger partial charge in [-0.25, -0.2) is 4.39 Å². The van der Waals surface area contributed by atoms with Gasteiger partial charge >= 0.3 is 5.97 Å². The fourth-order valence-corrected chi connectivity index (χ4v) is 3.82. The van der Waals surface area contributed by atoms with Crippen LogP contribution in [0.5, 0.6) is 5.75 Å². The van der Waals surface area contributed by atoms with E-state index in [1.807, 2.05) is 29.2 Å². The van der Waals surface area contributed by atoms with Crippen molar-refractivity contribution in [3.05, 3.63) is 48.3 Å². The van der Waals surface area contributed by atoms with E-state index in [9.17, 15) is 14.3 Å². The summed E-state index contributed by atoms with van der Waals surface area (Å²) in [5, 5.41) is 32.8. The molecule has 0 radical (unpaired) electrons. The predicted molar refractivity (Wildman–Crippen MR) is 107 cm³/mol. The van der Waals surface area contributed by atoms with Crippen molar-refractivity contribution in [2.24, 2.45) is 0 Å². The summed E-state index contributed by atoms with van der Waals surface area (Å²) in [5.41, 5.74) is 0.881. The number of aromatic nitrogens is 2. The highest BCUT2D eigenvalue weighted by atomic mass is 19.1. The van der Waals surface area contributed by atoms with Crippen LogP contribution in [0.2, 0.25) is 0 Å². The zero-order chi connectivity index (χ0) is 20.4. The largest absolute Gasteiger partial charge is 0.507 e. The normalized spacial score (nSPS) is 17.3. The van der Waals surface area contributed by atoms with Crippen molar-refractivity contribution in [1.29, 1.82) is 0 Å². The van der Waals surface area contributed by atoms with Crippen molar-refractivity contribution in [1.82, 2.24) is 15.1 Å². The van der Waals surface area contributed by atoms with E-state index in [2.05, 4.69) is 15.5 Å². The van der Waals surface area contributed by atoms with Gasteiger partial charge < -0.3 is 15.5 Å². The van der Waals surface area contributed by atoms with Crippen molar-refractivity contribution >= 4 is 22.6 Å². The number of fused-ring (bicyclic) bond motifs is 1. The van der Waals surface area contributed by atoms with Gasteiger partial charge in [-0.15, -0.1) is 10.2 Å². The van der Waals surface area contributed by atoms with Gasteiger partial charge in [0, 0.05) is 35.0 Å². The molecule has 1 saturated heterocycles. The van der Waals surface area contributed by atoms with E-state index in [0.29, 0.717) is 23.6 Å². The second-order valence-electron chi connectivity index (χ2n) is 7.22. The van der Waals surface area contributed by atoms with E-state index in [4.69, 9.17) is 5.11 Å². The number of rotatable bonds is 5. The number of carboxylic acid groups (broad SMARTS) is 1. The smallest absolute Gasteiger partial charge is 0.317 e. The Kier molecular flexibility index (Phi) is 5.26. The molecule has 0 bridgehead atoms. The topological polar surface area (TPSA) is 98.6 Å². The average Bonchev–Trinajstić information content (AvgIpc) is 2.69. The van der Waals surface area contributed by atoms with Gasteiger partial charge in [-0.3, -0.25) is 9.69 Å². The Balaban J connectivity index is 1.66. The second kappa shape index (κ2) is 8.00. The summed E-state index contributed by atoms with van der Waals surface area (Å²) in [4.78, 5) is 12.9. The fraction of sp³-hybridized carbons (Fsp3) is 0.286. The molecule has 0 unspecified atom stereocenters. The number of aliphatic carboxylic acids is 1. The Bertz CT molecular complexity index is 1060. The number of nitrogens with zero attached hydrogens (tertiary/aromatic N) is 3. The Morgan fingerprint density at radius 1 is 1.21 bits per heavy atom. The Morgan fingerprint density at radius 3 is 2.76 bits per heavy atom. The van der Waals surface area contributed by atoms with Crippen molar-refractivity contribution < 1.29 is 19.4 Å². The van der Waals surface area contributed by atoms with Crippen LogP contribution in [0.25, 0.3) is 22.0 Å². The van der Waals surface area contributed by atoms with Crippen LogP contribution in [0.1, 0.15) is 12.8 Å². The number of piperidine rings is 1. The number of nitrogens with one attached hydrogen (secondary N) is 1. The third-order valence-corrected chi connectivity index (χ3v) is 5.11. The van der Waals surface area contributed by atoms with E-state index < -0.39 is 11.8 Å². The number of phenols is 1. The zero-order valence-corrected chi connectivity index (χ0v) is 15.7. The SMILES string of the molecule is O=C(O)CN1CCC[C@@H](Nc2nnc(-c3ccc(F)cc3O)c3ccccc23)C1. The number of halogens is 1. The number of anilines is 1. The number of hydrogen-bond acceptors (Lipinski definition) is 6. The predicted octanol–water partition coefficient (Wildman–Crippen LogP) is 3.10. The maximum atomic E-state index is 13.4. The monoisotopic (exact) mass is 396 g/mol. The summed E-state index contributed by atoms with van der Waals surface area (Å²) in [5.74, 6) is -0.945. The molecule has 1 atom stereocenters. The molecule has 1 aliphatic rings. The molecule has 29 heavy (non-hydrogen) atoms. The van der Waals surface area contributed by atoms with Gasteiger partial charge in [0.05, 0.1) is 6.54 Å². The van der Waals surface area contributed by atoms with Gasteiger partial charge in [-0.2, -0.15) is 0 Å². The summed E-state index contributed by atoms with van der Waals surface area (Å²) in [6.45, 7) is 1.40. The van der Waals surface area contributed by atoms with Crippen LogP contribution in [0, 0.1) is 5.82 Å². The molecule has 8 heteroatoms. The van der Waals surface area contributed by atoms with Gasteiger partial charge in [0.2, 0.25) is 0 Å². The molecule has 7 nitrogen and oxygen atoms in total. The molecule has 1 aliphatic heterocycles. The van der Waals surface area contributed by atoms with E-state index in [1.165, 1.54) is 12.1 Å². The molecule has 2 aromatic carbocycles. The minimum absolute atomic E-state index is 0.0212. The number of hydrogen-bond donors (Lipinski definition) is 3. The number of carboxylic acids is 1. The minimum Gasteiger partial charge on any atom is -0.507 e. The third kappa shape index (κ3) is 4.12. The summed E-state index contributed by atoms with van der Waals surface area (Å²) >= 11 is 0. The summed E-state index contributed by atoms with van der Waals surface area (Å²) in [7, 11) is 0. The van der Waals surface area contributed by atoms with Crippen LogP contribution in [-0.2, 0) is 4.79 Å². The quantitative estimate of drug-likeness (QED) is 0.609. The molecule has 0 spiro atoms. The van der Waals surface area contributed by atoms with Crippen LogP contribution in [0.4, 0.5) is 10.2 Å². The van der Waals surface area contributed by atoms with E-state index >= 15 is 0 Å². The fourth-order valence-electron chi connectivity index (χ4n) is 3.82. The van der Waals surface area contributed by atoms with Gasteiger partial charge in [-0.05, 0) is 31.5 Å². The van der Waals surface area contributed by atoms with E-state index in [-0.39, 0.29) is 18.3 Å². The Morgan fingerprint density at radius 2 is 2.00 bits per heavy atom. The molecule has 1 fully saturated rings. The van der Waals surface area contributed by atoms with Gasteiger partial charge in [0.15, 0.2) is 5.82 Å². The maximum Gasteiger partial charge on any atom is 0.317 e. The second-order valence-corrected chi connectivity index (χ2v) is 7.22. The molecule has 0 aliphatic carbocycles. The summed E-state index contributed by atoms with van der Waals surface area (Å²) < 4.78 is 13.4. The van der Waals surface area contributed by atoms with Crippen LogP contribution in [-0.4, -0.2) is 57.0 Å². The lowest BCUT2D eigenvalue weighted by molar-refractivity contribution is -0.138. The highest BCUT2D eigenvalue weighted by Crippen LogP contribution is 2.35. The number of benzene rings is 2. The zero-order valence-electron chi connectivity index (χ0n) is 15.7. The van der Waals surface area contributed by atoms with Crippen molar-refractivity contribution in [2.75, 3.05) is 25.0 Å². The van der Waals surface area contributed by atoms with Crippen molar-refractivity contribution in [3.8, 4) is 17.0 Å². The van der Waals surface area contributed by atoms with Crippen molar-refractivity contribution in [3.63, 3.8) is 0 Å². The molecular formula is C21H21FN4O3. The first-order chi connectivity index (χ1) is 14.0. The first-order valence-electron chi connectivity index (χ1n) is 9.46. The van der Waals surface area contributed by atoms with Crippen LogP contribution in [0.3, 0.4) is 0 Å². The lowest BCUT2D eigenvalue weighted by atomic mass is 10.0. The van der Waals surface area contributed by atoms with Crippen LogP contribution < -0.4 is 5.32 Å². The third-order valence-electron chi connectivity index (χ3n) is 5.11. The highest BCUT2D eigenvalue weighted by molar-refractivity contribution is 6.00. The molecule has 0 saturated carbocycles. The molecule has 0 amide bonds. The van der Waals surface area contributed by atoms with Crippen LogP contribution in [0.15, 0.2) is 42.5 Å². The minimum atomic E-state index is -0.834. The lowest BCUT2D eigenvalue weighted by Gasteiger charge is -2.32. The molecular weight excluding hydrogens is 375 g/mol. The molecule has 4 rings (SSSR count). The lowest BCUT2D eigenvalue weighted by Crippen LogP contribution is -2.44. The van der Waals surface area contributed by atoms with Crippen molar-refractivity contribution in [2.45, 2.75) is 18.9 Å². The Labute approximate surface area is 166 Å². The molecule has 3 N–H and O–H groups in total. The first kappa shape index (κ1) is 19.1. The highest BCUT2D eigenvalue weighted by Gasteiger charge is 2.23. The summed E-state index contributed by atoms with van der Waals surface area (Å²) in [6, 6.07) is 11.4. The average molecular weight is 396 g/mol.